The van der Waals surface area contributed by atoms with Gasteiger partial charge in [-0.15, -0.1) is 23.7 Å². The Kier molecular flexibility index (Phi) is 7.71. The van der Waals surface area contributed by atoms with Crippen LogP contribution in [0.1, 0.15) is 22.5 Å². The fraction of sp³-hybridized carbons (Fsp3) is 0.571. The maximum atomic E-state index is 12.2. The first-order valence-corrected chi connectivity index (χ1v) is 7.85. The van der Waals surface area contributed by atoms with E-state index < -0.39 is 0 Å². The molecule has 1 N–H and O–H groups in total. The highest BCUT2D eigenvalue weighted by molar-refractivity contribution is 7.12. The maximum absolute atomic E-state index is 12.2. The molecule has 1 saturated heterocycles. The first kappa shape index (κ1) is 17.9. The molecule has 0 unspecified atom stereocenters. The molecule has 2 heterocycles. The molecule has 1 fully saturated rings. The second-order valence-electron chi connectivity index (χ2n) is 4.86. The standard InChI is InChI=1S/C14H21N3O2S.ClH/c1-15-6-2-5-13(18)16-7-9-17(10-8-16)14(19)12-4-3-11-20-12;/h3-4,11,15H,2,5-10H2,1H3;1H. The zero-order chi connectivity index (χ0) is 14.4. The van der Waals surface area contributed by atoms with Crippen LogP contribution in [0.25, 0.3) is 0 Å². The van der Waals surface area contributed by atoms with Crippen LogP contribution in [0.5, 0.6) is 0 Å². The summed E-state index contributed by atoms with van der Waals surface area (Å²) >= 11 is 1.47. The Balaban J connectivity index is 0.00000220. The Morgan fingerprint density at radius 2 is 1.90 bits per heavy atom. The van der Waals surface area contributed by atoms with E-state index in [1.807, 2.05) is 34.4 Å². The van der Waals surface area contributed by atoms with Gasteiger partial charge in [0.15, 0.2) is 0 Å². The number of halogens is 1. The van der Waals surface area contributed by atoms with Gasteiger partial charge in [-0.25, -0.2) is 0 Å². The number of rotatable bonds is 5. The molecule has 1 aliphatic rings. The monoisotopic (exact) mass is 331 g/mol. The number of nitrogens with one attached hydrogen (secondary N) is 1. The van der Waals surface area contributed by atoms with Crippen LogP contribution in [0.15, 0.2) is 17.5 Å². The Morgan fingerprint density at radius 3 is 2.48 bits per heavy atom. The van der Waals surface area contributed by atoms with Crippen LogP contribution >= 0.6 is 23.7 Å². The minimum atomic E-state index is 0. The molecule has 118 valence electrons. The molecule has 0 saturated carbocycles. The number of piperazine rings is 1. The average Bonchev–Trinajstić information content (AvgIpc) is 3.01. The van der Waals surface area contributed by atoms with Crippen LogP contribution in [0, 0.1) is 0 Å². The molecular weight excluding hydrogens is 310 g/mol. The lowest BCUT2D eigenvalue weighted by Gasteiger charge is -2.34. The van der Waals surface area contributed by atoms with Crippen molar-refractivity contribution >= 4 is 35.6 Å². The molecule has 1 aromatic heterocycles. The third kappa shape index (κ3) is 4.98. The lowest BCUT2D eigenvalue weighted by molar-refractivity contribution is -0.132. The Hall–Kier alpha value is -1.11. The molecule has 1 aliphatic heterocycles. The summed E-state index contributed by atoms with van der Waals surface area (Å²) in [5.41, 5.74) is 0. The van der Waals surface area contributed by atoms with Gasteiger partial charge >= 0.3 is 0 Å². The van der Waals surface area contributed by atoms with E-state index in [1.54, 1.807) is 0 Å². The first-order chi connectivity index (χ1) is 9.72. The number of amides is 2. The summed E-state index contributed by atoms with van der Waals surface area (Å²) in [6.07, 6.45) is 1.45. The third-order valence-corrected chi connectivity index (χ3v) is 4.33. The van der Waals surface area contributed by atoms with E-state index in [9.17, 15) is 9.59 Å². The molecule has 0 atom stereocenters. The van der Waals surface area contributed by atoms with Gasteiger partial charge in [-0.05, 0) is 31.5 Å². The van der Waals surface area contributed by atoms with Crippen molar-refractivity contribution in [2.24, 2.45) is 0 Å². The zero-order valence-corrected chi connectivity index (χ0v) is 13.8. The fourth-order valence-electron chi connectivity index (χ4n) is 2.29. The molecule has 0 spiro atoms. The van der Waals surface area contributed by atoms with Gasteiger partial charge in [0.25, 0.3) is 5.91 Å². The van der Waals surface area contributed by atoms with Crippen molar-refractivity contribution in [3.8, 4) is 0 Å². The van der Waals surface area contributed by atoms with Crippen LogP contribution in [-0.4, -0.2) is 61.4 Å². The summed E-state index contributed by atoms with van der Waals surface area (Å²) in [7, 11) is 1.89. The van der Waals surface area contributed by atoms with Gasteiger partial charge in [-0.3, -0.25) is 9.59 Å². The van der Waals surface area contributed by atoms with Crippen molar-refractivity contribution in [1.29, 1.82) is 0 Å². The smallest absolute Gasteiger partial charge is 0.264 e. The van der Waals surface area contributed by atoms with Crippen molar-refractivity contribution in [3.63, 3.8) is 0 Å². The number of hydrogen-bond acceptors (Lipinski definition) is 4. The second-order valence-corrected chi connectivity index (χ2v) is 5.81. The van der Waals surface area contributed by atoms with Gasteiger partial charge in [0.05, 0.1) is 4.88 Å². The highest BCUT2D eigenvalue weighted by Gasteiger charge is 2.24. The Bertz CT molecular complexity index is 445. The van der Waals surface area contributed by atoms with E-state index in [2.05, 4.69) is 5.32 Å². The van der Waals surface area contributed by atoms with Crippen molar-refractivity contribution < 1.29 is 9.59 Å². The number of carbonyl (C=O) groups excluding carboxylic acids is 2. The summed E-state index contributed by atoms with van der Waals surface area (Å²) < 4.78 is 0. The van der Waals surface area contributed by atoms with Gasteiger partial charge in [-0.1, -0.05) is 6.07 Å². The van der Waals surface area contributed by atoms with Crippen LogP contribution in [0.4, 0.5) is 0 Å². The summed E-state index contributed by atoms with van der Waals surface area (Å²) in [5, 5.41) is 4.95. The Labute approximate surface area is 135 Å². The Morgan fingerprint density at radius 1 is 1.24 bits per heavy atom. The minimum Gasteiger partial charge on any atom is -0.339 e. The van der Waals surface area contributed by atoms with Gasteiger partial charge in [0, 0.05) is 32.6 Å². The molecular formula is C14H22ClN3O2S. The van der Waals surface area contributed by atoms with E-state index in [0.29, 0.717) is 32.6 Å². The van der Waals surface area contributed by atoms with Crippen LogP contribution in [0.3, 0.4) is 0 Å². The molecule has 0 bridgehead atoms. The van der Waals surface area contributed by atoms with E-state index in [-0.39, 0.29) is 24.2 Å². The van der Waals surface area contributed by atoms with Crippen LogP contribution < -0.4 is 5.32 Å². The quantitative estimate of drug-likeness (QED) is 0.831. The van der Waals surface area contributed by atoms with Crippen molar-refractivity contribution in [2.45, 2.75) is 12.8 Å². The molecule has 5 nitrogen and oxygen atoms in total. The molecule has 0 radical (unpaired) electrons. The normalized spacial score (nSPS) is 14.7. The summed E-state index contributed by atoms with van der Waals surface area (Å²) in [6.45, 7) is 3.43. The minimum absolute atomic E-state index is 0. The summed E-state index contributed by atoms with van der Waals surface area (Å²) in [6, 6.07) is 3.74. The number of thiophene rings is 1. The van der Waals surface area contributed by atoms with Crippen LogP contribution in [-0.2, 0) is 4.79 Å². The number of hydrogen-bond donors (Lipinski definition) is 1. The van der Waals surface area contributed by atoms with Gasteiger partial charge in [0.1, 0.15) is 0 Å². The fourth-order valence-corrected chi connectivity index (χ4v) is 2.98. The van der Waals surface area contributed by atoms with Gasteiger partial charge in [-0.2, -0.15) is 0 Å². The molecule has 7 heteroatoms. The lowest BCUT2D eigenvalue weighted by atomic mass is 10.2. The van der Waals surface area contributed by atoms with E-state index in [4.69, 9.17) is 0 Å². The third-order valence-electron chi connectivity index (χ3n) is 3.47. The molecule has 1 aromatic rings. The summed E-state index contributed by atoms with van der Waals surface area (Å²) in [5.74, 6) is 0.283. The SMILES string of the molecule is CNCCCC(=O)N1CCN(C(=O)c2cccs2)CC1.Cl. The van der Waals surface area contributed by atoms with E-state index in [0.717, 1.165) is 17.8 Å². The molecule has 0 aromatic carbocycles. The van der Waals surface area contributed by atoms with Crippen molar-refractivity contribution in [2.75, 3.05) is 39.8 Å². The molecule has 0 aliphatic carbocycles. The molecule has 2 amide bonds. The highest BCUT2D eigenvalue weighted by Crippen LogP contribution is 2.14. The average molecular weight is 332 g/mol. The second kappa shape index (κ2) is 9.02. The highest BCUT2D eigenvalue weighted by atomic mass is 35.5. The lowest BCUT2D eigenvalue weighted by Crippen LogP contribution is -2.50. The van der Waals surface area contributed by atoms with E-state index in [1.165, 1.54) is 11.3 Å². The number of nitrogens with zero attached hydrogens (tertiary/aromatic N) is 2. The predicted molar refractivity (Wildman–Crippen MR) is 87.2 cm³/mol. The van der Waals surface area contributed by atoms with Gasteiger partial charge < -0.3 is 15.1 Å². The summed E-state index contributed by atoms with van der Waals surface area (Å²) in [4.78, 5) is 28.6. The van der Waals surface area contributed by atoms with Crippen LogP contribution in [0.2, 0.25) is 0 Å². The van der Waals surface area contributed by atoms with E-state index >= 15 is 0 Å². The maximum Gasteiger partial charge on any atom is 0.264 e. The zero-order valence-electron chi connectivity index (χ0n) is 12.2. The first-order valence-electron chi connectivity index (χ1n) is 6.97. The van der Waals surface area contributed by atoms with Crippen molar-refractivity contribution in [3.05, 3.63) is 22.4 Å². The predicted octanol–water partition coefficient (Wildman–Crippen LogP) is 1.45. The molecule has 2 rings (SSSR count). The van der Waals surface area contributed by atoms with Gasteiger partial charge in [0.2, 0.25) is 5.91 Å². The molecule has 21 heavy (non-hydrogen) atoms. The van der Waals surface area contributed by atoms with Crippen molar-refractivity contribution in [1.82, 2.24) is 15.1 Å². The topological polar surface area (TPSA) is 52.7 Å². The number of carbonyl (C=O) groups is 2. The largest absolute Gasteiger partial charge is 0.339 e.